The largest absolute Gasteiger partial charge is 0.491 e. The molecule has 1 aliphatic heterocycles. The SMILES string of the molecule is C=CCOCCOc1ccc(Cc2cc([C@H]3O[C@H](CO)[C@@H](O)[C@H](O)[C@H]3O)ccc2Cl)cc1. The molecule has 3 rings (SSSR count). The number of benzene rings is 2. The quantitative estimate of drug-likeness (QED) is 0.314. The van der Waals surface area contributed by atoms with Gasteiger partial charge < -0.3 is 34.6 Å². The van der Waals surface area contributed by atoms with Crippen LogP contribution in [0.4, 0.5) is 0 Å². The molecule has 8 heteroatoms. The molecule has 1 fully saturated rings. The van der Waals surface area contributed by atoms with Gasteiger partial charge in [0, 0.05) is 5.02 Å². The summed E-state index contributed by atoms with van der Waals surface area (Å²) in [6.45, 7) is 4.53. The molecule has 7 nitrogen and oxygen atoms in total. The molecule has 0 saturated carbocycles. The predicted octanol–water partition coefficient (Wildman–Crippen LogP) is 2.03. The number of aliphatic hydroxyl groups is 4. The van der Waals surface area contributed by atoms with Gasteiger partial charge in [-0.3, -0.25) is 0 Å². The lowest BCUT2D eigenvalue weighted by atomic mass is 9.90. The van der Waals surface area contributed by atoms with E-state index in [1.165, 1.54) is 0 Å². The van der Waals surface area contributed by atoms with E-state index in [2.05, 4.69) is 6.58 Å². The Kier molecular flexibility index (Phi) is 9.07. The van der Waals surface area contributed by atoms with Crippen molar-refractivity contribution in [1.82, 2.24) is 0 Å². The van der Waals surface area contributed by atoms with Crippen molar-refractivity contribution in [3.8, 4) is 5.75 Å². The Bertz CT molecular complexity index is 871. The third-order valence-electron chi connectivity index (χ3n) is 5.34. The van der Waals surface area contributed by atoms with E-state index >= 15 is 0 Å². The Labute approximate surface area is 192 Å². The second-order valence-electron chi connectivity index (χ2n) is 7.63. The lowest BCUT2D eigenvalue weighted by Crippen LogP contribution is -2.55. The average Bonchev–Trinajstić information content (AvgIpc) is 2.80. The van der Waals surface area contributed by atoms with Gasteiger partial charge in [-0.1, -0.05) is 41.9 Å². The van der Waals surface area contributed by atoms with Crippen molar-refractivity contribution in [2.45, 2.75) is 36.9 Å². The third kappa shape index (κ3) is 6.08. The minimum Gasteiger partial charge on any atom is -0.491 e. The molecule has 174 valence electrons. The van der Waals surface area contributed by atoms with Crippen molar-refractivity contribution in [2.75, 3.05) is 26.4 Å². The van der Waals surface area contributed by atoms with Gasteiger partial charge in [0.1, 0.15) is 42.9 Å². The Hall–Kier alpha value is -1.97. The van der Waals surface area contributed by atoms with Crippen LogP contribution in [0.15, 0.2) is 55.1 Å². The molecule has 5 atom stereocenters. The van der Waals surface area contributed by atoms with Crippen LogP contribution in [0.25, 0.3) is 0 Å². The van der Waals surface area contributed by atoms with E-state index < -0.39 is 37.1 Å². The predicted molar refractivity (Wildman–Crippen MR) is 120 cm³/mol. The summed E-state index contributed by atoms with van der Waals surface area (Å²) in [5, 5.41) is 40.4. The minimum absolute atomic E-state index is 0.445. The van der Waals surface area contributed by atoms with Gasteiger partial charge in [0.2, 0.25) is 0 Å². The van der Waals surface area contributed by atoms with Crippen LogP contribution in [0.5, 0.6) is 5.75 Å². The van der Waals surface area contributed by atoms with Crippen molar-refractivity contribution < 1.29 is 34.6 Å². The number of hydrogen-bond donors (Lipinski definition) is 4. The molecule has 1 aliphatic rings. The fourth-order valence-electron chi connectivity index (χ4n) is 3.59. The number of halogens is 1. The zero-order valence-electron chi connectivity index (χ0n) is 17.6. The van der Waals surface area contributed by atoms with Crippen LogP contribution in [0, 0.1) is 0 Å². The first-order valence-electron chi connectivity index (χ1n) is 10.4. The van der Waals surface area contributed by atoms with E-state index in [0.717, 1.165) is 16.9 Å². The van der Waals surface area contributed by atoms with Gasteiger partial charge >= 0.3 is 0 Å². The standard InChI is InChI=1S/C24H29ClO7/c1-2-9-30-10-11-31-18-6-3-15(4-7-18)12-17-13-16(5-8-19(17)25)24-23(29)22(28)21(27)20(14-26)32-24/h2-8,13,20-24,26-29H,1,9-12,14H2/t20-,21-,22+,23-,24-/m1/s1. The summed E-state index contributed by atoms with van der Waals surface area (Å²) in [5.41, 5.74) is 2.42. The average molecular weight is 465 g/mol. The molecule has 0 aromatic heterocycles. The monoisotopic (exact) mass is 464 g/mol. The number of ether oxygens (including phenoxy) is 3. The van der Waals surface area contributed by atoms with E-state index in [1.54, 1.807) is 24.3 Å². The van der Waals surface area contributed by atoms with Crippen molar-refractivity contribution in [2.24, 2.45) is 0 Å². The molecular weight excluding hydrogens is 436 g/mol. The highest BCUT2D eigenvalue weighted by molar-refractivity contribution is 6.31. The second-order valence-corrected chi connectivity index (χ2v) is 8.04. The second kappa shape index (κ2) is 11.8. The highest BCUT2D eigenvalue weighted by Crippen LogP contribution is 2.34. The highest BCUT2D eigenvalue weighted by Gasteiger charge is 2.44. The van der Waals surface area contributed by atoms with Crippen molar-refractivity contribution >= 4 is 11.6 Å². The molecule has 0 amide bonds. The molecule has 2 aromatic rings. The van der Waals surface area contributed by atoms with E-state index in [-0.39, 0.29) is 0 Å². The smallest absolute Gasteiger partial charge is 0.119 e. The molecule has 4 N–H and O–H groups in total. The van der Waals surface area contributed by atoms with E-state index in [0.29, 0.717) is 36.8 Å². The summed E-state index contributed by atoms with van der Waals surface area (Å²) < 4.78 is 16.6. The summed E-state index contributed by atoms with van der Waals surface area (Å²) in [6.07, 6.45) is -3.81. The van der Waals surface area contributed by atoms with Gasteiger partial charge in [-0.2, -0.15) is 0 Å². The zero-order valence-corrected chi connectivity index (χ0v) is 18.4. The topological polar surface area (TPSA) is 109 Å². The summed E-state index contributed by atoms with van der Waals surface area (Å²) >= 11 is 6.39. The third-order valence-corrected chi connectivity index (χ3v) is 5.71. The van der Waals surface area contributed by atoms with Gasteiger partial charge in [0.15, 0.2) is 0 Å². The molecular formula is C24H29ClO7. The van der Waals surface area contributed by atoms with Crippen LogP contribution in [-0.4, -0.2) is 71.3 Å². The summed E-state index contributed by atoms with van der Waals surface area (Å²) in [4.78, 5) is 0. The van der Waals surface area contributed by atoms with Crippen LogP contribution in [-0.2, 0) is 15.9 Å². The Morgan fingerprint density at radius 1 is 1.00 bits per heavy atom. The van der Waals surface area contributed by atoms with E-state index in [1.807, 2.05) is 24.3 Å². The van der Waals surface area contributed by atoms with Crippen molar-refractivity contribution in [3.05, 3.63) is 76.8 Å². The van der Waals surface area contributed by atoms with Gasteiger partial charge in [-0.05, 0) is 41.3 Å². The van der Waals surface area contributed by atoms with Crippen LogP contribution in [0.3, 0.4) is 0 Å². The van der Waals surface area contributed by atoms with E-state index in [4.69, 9.17) is 25.8 Å². The molecule has 0 aliphatic carbocycles. The number of aliphatic hydroxyl groups excluding tert-OH is 4. The minimum atomic E-state index is -1.43. The Morgan fingerprint density at radius 2 is 1.75 bits per heavy atom. The summed E-state index contributed by atoms with van der Waals surface area (Å²) in [7, 11) is 0. The summed E-state index contributed by atoms with van der Waals surface area (Å²) in [5.74, 6) is 0.733. The fraction of sp³-hybridized carbons (Fsp3) is 0.417. The first-order chi connectivity index (χ1) is 15.4. The van der Waals surface area contributed by atoms with Crippen LogP contribution >= 0.6 is 11.6 Å². The first-order valence-corrected chi connectivity index (χ1v) is 10.8. The van der Waals surface area contributed by atoms with Crippen LogP contribution in [0.1, 0.15) is 22.8 Å². The molecule has 1 heterocycles. The summed E-state index contributed by atoms with van der Waals surface area (Å²) in [6, 6.07) is 12.8. The van der Waals surface area contributed by atoms with Crippen molar-refractivity contribution in [1.29, 1.82) is 0 Å². The zero-order chi connectivity index (χ0) is 23.1. The van der Waals surface area contributed by atoms with Crippen LogP contribution in [0.2, 0.25) is 5.02 Å². The molecule has 2 aromatic carbocycles. The number of hydrogen-bond acceptors (Lipinski definition) is 7. The number of rotatable bonds is 10. The van der Waals surface area contributed by atoms with E-state index in [9.17, 15) is 20.4 Å². The lowest BCUT2D eigenvalue weighted by Gasteiger charge is -2.40. The Balaban J connectivity index is 1.68. The molecule has 32 heavy (non-hydrogen) atoms. The van der Waals surface area contributed by atoms with Crippen molar-refractivity contribution in [3.63, 3.8) is 0 Å². The Morgan fingerprint density at radius 3 is 2.44 bits per heavy atom. The molecule has 0 unspecified atom stereocenters. The molecule has 1 saturated heterocycles. The first kappa shape index (κ1) is 24.7. The molecule has 0 radical (unpaired) electrons. The highest BCUT2D eigenvalue weighted by atomic mass is 35.5. The molecule has 0 bridgehead atoms. The lowest BCUT2D eigenvalue weighted by molar-refractivity contribution is -0.231. The molecule has 0 spiro atoms. The maximum Gasteiger partial charge on any atom is 0.119 e. The maximum absolute atomic E-state index is 10.4. The van der Waals surface area contributed by atoms with Gasteiger partial charge in [-0.15, -0.1) is 6.58 Å². The maximum atomic E-state index is 10.4. The van der Waals surface area contributed by atoms with Gasteiger partial charge in [0.25, 0.3) is 0 Å². The normalized spacial score (nSPS) is 25.5. The fourth-order valence-corrected chi connectivity index (χ4v) is 3.78. The van der Waals surface area contributed by atoms with Gasteiger partial charge in [0.05, 0.1) is 19.8 Å². The van der Waals surface area contributed by atoms with Gasteiger partial charge in [-0.25, -0.2) is 0 Å². The van der Waals surface area contributed by atoms with Crippen LogP contribution < -0.4 is 4.74 Å².